The molecule has 2 aromatic carbocycles. The smallest absolute Gasteiger partial charge is 0.410 e. The van der Waals surface area contributed by atoms with Crippen molar-refractivity contribution in [2.75, 3.05) is 19.0 Å². The average Bonchev–Trinajstić information content (AvgIpc) is 3.10. The van der Waals surface area contributed by atoms with E-state index >= 15 is 0 Å². The van der Waals surface area contributed by atoms with Crippen LogP contribution in [0.25, 0.3) is 0 Å². The first-order valence-corrected chi connectivity index (χ1v) is 8.97. The second-order valence-corrected chi connectivity index (χ2v) is 6.76. The Hall–Kier alpha value is -3.02. The van der Waals surface area contributed by atoms with Gasteiger partial charge in [0.25, 0.3) is 0 Å². The number of carbonyl (C=O) groups is 2. The van der Waals surface area contributed by atoms with E-state index in [4.69, 9.17) is 9.47 Å². The third-order valence-electron chi connectivity index (χ3n) is 4.88. The van der Waals surface area contributed by atoms with Crippen LogP contribution in [0.15, 0.2) is 54.6 Å². The Morgan fingerprint density at radius 1 is 1.15 bits per heavy atom. The van der Waals surface area contributed by atoms with Gasteiger partial charge in [0.05, 0.1) is 7.11 Å². The minimum absolute atomic E-state index is 0.184. The zero-order valence-corrected chi connectivity index (χ0v) is 15.6. The Morgan fingerprint density at radius 2 is 1.93 bits per heavy atom. The van der Waals surface area contributed by atoms with Crippen molar-refractivity contribution in [1.29, 1.82) is 0 Å². The van der Waals surface area contributed by atoms with Crippen molar-refractivity contribution in [3.05, 3.63) is 60.2 Å². The second-order valence-electron chi connectivity index (χ2n) is 6.76. The highest BCUT2D eigenvalue weighted by molar-refractivity contribution is 6.00. The lowest BCUT2D eigenvalue weighted by atomic mass is 9.98. The van der Waals surface area contributed by atoms with Gasteiger partial charge in [-0.15, -0.1) is 0 Å². The molecule has 27 heavy (non-hydrogen) atoms. The molecular weight excluding hydrogens is 344 g/mol. The first-order valence-electron chi connectivity index (χ1n) is 8.97. The van der Waals surface area contributed by atoms with Gasteiger partial charge in [-0.25, -0.2) is 4.79 Å². The Morgan fingerprint density at radius 3 is 2.67 bits per heavy atom. The van der Waals surface area contributed by atoms with Gasteiger partial charge in [0.2, 0.25) is 5.91 Å². The van der Waals surface area contributed by atoms with E-state index in [0.717, 1.165) is 12.0 Å². The van der Waals surface area contributed by atoms with Crippen molar-refractivity contribution in [2.45, 2.75) is 31.9 Å². The third-order valence-corrected chi connectivity index (χ3v) is 4.88. The van der Waals surface area contributed by atoms with E-state index in [1.165, 1.54) is 4.90 Å². The molecule has 6 heteroatoms. The van der Waals surface area contributed by atoms with Gasteiger partial charge in [0.1, 0.15) is 17.9 Å². The largest absolute Gasteiger partial charge is 0.497 e. The maximum absolute atomic E-state index is 12.9. The molecule has 2 amide bonds. The topological polar surface area (TPSA) is 67.9 Å². The van der Waals surface area contributed by atoms with Crippen LogP contribution in [-0.4, -0.2) is 36.1 Å². The van der Waals surface area contributed by atoms with Crippen molar-refractivity contribution in [3.63, 3.8) is 0 Å². The molecule has 0 bridgehead atoms. The van der Waals surface area contributed by atoms with Crippen molar-refractivity contribution in [3.8, 4) is 5.75 Å². The summed E-state index contributed by atoms with van der Waals surface area (Å²) in [5.41, 5.74) is 0.592. The number of carbonyl (C=O) groups excluding carboxylic acids is 2. The first kappa shape index (κ1) is 18.8. The molecule has 1 unspecified atom stereocenters. The zero-order chi connectivity index (χ0) is 19.3. The highest BCUT2D eigenvalue weighted by atomic mass is 16.6. The summed E-state index contributed by atoms with van der Waals surface area (Å²) in [6.45, 7) is 2.46. The molecule has 3 rings (SSSR count). The fourth-order valence-electron chi connectivity index (χ4n) is 3.26. The molecule has 0 aromatic heterocycles. The van der Waals surface area contributed by atoms with Crippen molar-refractivity contribution >= 4 is 17.7 Å². The van der Waals surface area contributed by atoms with Crippen molar-refractivity contribution in [2.24, 2.45) is 0 Å². The molecule has 0 saturated carbocycles. The standard InChI is InChI=1S/C21H24N2O4/c1-21(19(24)22-17-10-6-11-18(14-17)26-2)12-7-13-23(21)20(25)27-15-16-8-4-3-5-9-16/h3-6,8-11,14H,7,12-13,15H2,1-2H3,(H,22,24). The predicted molar refractivity (Wildman–Crippen MR) is 103 cm³/mol. The molecule has 2 aromatic rings. The molecule has 1 fully saturated rings. The summed E-state index contributed by atoms with van der Waals surface area (Å²) in [7, 11) is 1.57. The van der Waals surface area contributed by atoms with Gasteiger partial charge >= 0.3 is 6.09 Å². The quantitative estimate of drug-likeness (QED) is 0.871. The zero-order valence-electron chi connectivity index (χ0n) is 15.6. The number of rotatable bonds is 5. The van der Waals surface area contributed by atoms with Gasteiger partial charge in [-0.1, -0.05) is 36.4 Å². The summed E-state index contributed by atoms with van der Waals surface area (Å²) in [5, 5.41) is 2.89. The lowest BCUT2D eigenvalue weighted by Gasteiger charge is -2.33. The van der Waals surface area contributed by atoms with Gasteiger partial charge in [0.15, 0.2) is 0 Å². The third kappa shape index (κ3) is 4.22. The molecule has 1 saturated heterocycles. The van der Waals surface area contributed by atoms with Crippen molar-refractivity contribution < 1.29 is 19.1 Å². The molecule has 0 aliphatic carbocycles. The number of anilines is 1. The highest BCUT2D eigenvalue weighted by Crippen LogP contribution is 2.31. The number of benzene rings is 2. The van der Waals surface area contributed by atoms with Crippen LogP contribution >= 0.6 is 0 Å². The Kier molecular flexibility index (Phi) is 5.64. The first-order chi connectivity index (χ1) is 13.0. The molecule has 0 radical (unpaired) electrons. The maximum atomic E-state index is 12.9. The van der Waals surface area contributed by atoms with Crippen LogP contribution in [0.3, 0.4) is 0 Å². The van der Waals surface area contributed by atoms with Crippen LogP contribution in [0.1, 0.15) is 25.3 Å². The number of hydrogen-bond donors (Lipinski definition) is 1. The predicted octanol–water partition coefficient (Wildman–Crippen LogP) is 3.83. The monoisotopic (exact) mass is 368 g/mol. The maximum Gasteiger partial charge on any atom is 0.410 e. The lowest BCUT2D eigenvalue weighted by molar-refractivity contribution is -0.125. The number of ether oxygens (including phenoxy) is 2. The van der Waals surface area contributed by atoms with E-state index in [1.807, 2.05) is 30.3 Å². The van der Waals surface area contributed by atoms with Crippen LogP contribution < -0.4 is 10.1 Å². The van der Waals surface area contributed by atoms with Crippen LogP contribution in [-0.2, 0) is 16.1 Å². The second kappa shape index (κ2) is 8.12. The Balaban J connectivity index is 1.67. The van der Waals surface area contributed by atoms with E-state index in [-0.39, 0.29) is 12.5 Å². The normalized spacial score (nSPS) is 18.8. The van der Waals surface area contributed by atoms with Gasteiger partial charge in [-0.3, -0.25) is 9.69 Å². The van der Waals surface area contributed by atoms with Gasteiger partial charge < -0.3 is 14.8 Å². The number of methoxy groups -OCH3 is 1. The van der Waals surface area contributed by atoms with Gasteiger partial charge in [-0.05, 0) is 37.5 Å². The fraction of sp³-hybridized carbons (Fsp3) is 0.333. The van der Waals surface area contributed by atoms with Crippen LogP contribution in [0.4, 0.5) is 10.5 Å². The SMILES string of the molecule is COc1cccc(NC(=O)C2(C)CCCN2C(=O)OCc2ccccc2)c1. The Labute approximate surface area is 159 Å². The van der Waals surface area contributed by atoms with Crippen molar-refractivity contribution in [1.82, 2.24) is 4.90 Å². The number of amides is 2. The van der Waals surface area contributed by atoms with Gasteiger partial charge in [-0.2, -0.15) is 0 Å². The molecular formula is C21H24N2O4. The number of nitrogens with one attached hydrogen (secondary N) is 1. The number of likely N-dealkylation sites (tertiary alicyclic amines) is 1. The fourth-order valence-corrected chi connectivity index (χ4v) is 3.26. The number of hydrogen-bond acceptors (Lipinski definition) is 4. The summed E-state index contributed by atoms with van der Waals surface area (Å²) >= 11 is 0. The van der Waals surface area contributed by atoms with Crippen LogP contribution in [0.5, 0.6) is 5.75 Å². The van der Waals surface area contributed by atoms with E-state index in [1.54, 1.807) is 38.3 Å². The van der Waals surface area contributed by atoms with E-state index in [9.17, 15) is 9.59 Å². The van der Waals surface area contributed by atoms with E-state index in [0.29, 0.717) is 24.4 Å². The van der Waals surface area contributed by atoms with Crippen LogP contribution in [0, 0.1) is 0 Å². The van der Waals surface area contributed by atoms with E-state index < -0.39 is 11.6 Å². The lowest BCUT2D eigenvalue weighted by Crippen LogP contribution is -2.53. The summed E-state index contributed by atoms with van der Waals surface area (Å²) < 4.78 is 10.6. The molecule has 1 atom stereocenters. The minimum atomic E-state index is -0.948. The molecule has 1 heterocycles. The Bertz CT molecular complexity index is 809. The summed E-state index contributed by atoms with van der Waals surface area (Å²) in [6, 6.07) is 16.6. The summed E-state index contributed by atoms with van der Waals surface area (Å²) in [4.78, 5) is 27.0. The average molecular weight is 368 g/mol. The molecule has 142 valence electrons. The van der Waals surface area contributed by atoms with E-state index in [2.05, 4.69) is 5.32 Å². The molecule has 1 aliphatic heterocycles. The highest BCUT2D eigenvalue weighted by Gasteiger charge is 2.46. The molecule has 0 spiro atoms. The number of nitrogens with zero attached hydrogens (tertiary/aromatic N) is 1. The molecule has 6 nitrogen and oxygen atoms in total. The van der Waals surface area contributed by atoms with Crippen LogP contribution in [0.2, 0.25) is 0 Å². The van der Waals surface area contributed by atoms with Gasteiger partial charge in [0, 0.05) is 18.3 Å². The molecule has 1 N–H and O–H groups in total. The summed E-state index contributed by atoms with van der Waals surface area (Å²) in [6.07, 6.45) is 0.866. The molecule has 1 aliphatic rings. The minimum Gasteiger partial charge on any atom is -0.497 e. The summed E-state index contributed by atoms with van der Waals surface area (Å²) in [5.74, 6) is 0.424.